The number of hydrogen-bond donors (Lipinski definition) is 0. The molecule has 1 unspecified atom stereocenters. The Hall–Kier alpha value is -1.58. The predicted octanol–water partition coefficient (Wildman–Crippen LogP) is 3.46. The average Bonchev–Trinajstić information content (AvgIpc) is 2.39. The monoisotopic (exact) mass is 266 g/mol. The van der Waals surface area contributed by atoms with E-state index in [0.29, 0.717) is 43.1 Å². The normalized spacial score (nSPS) is 15.1. The van der Waals surface area contributed by atoms with E-state index in [2.05, 4.69) is 0 Å². The lowest BCUT2D eigenvalue weighted by molar-refractivity contribution is -0.117. The van der Waals surface area contributed by atoms with Crippen molar-refractivity contribution in [3.63, 3.8) is 0 Å². The summed E-state index contributed by atoms with van der Waals surface area (Å²) in [4.78, 5) is 11.1. The summed E-state index contributed by atoms with van der Waals surface area (Å²) in [5.41, 5.74) is 0.619. The predicted molar refractivity (Wildman–Crippen MR) is 70.3 cm³/mol. The van der Waals surface area contributed by atoms with E-state index in [1.165, 1.54) is 6.07 Å². The maximum atomic E-state index is 14.1. The van der Waals surface area contributed by atoms with E-state index in [0.717, 1.165) is 6.42 Å². The van der Waals surface area contributed by atoms with Gasteiger partial charge in [0.2, 0.25) is 0 Å². The van der Waals surface area contributed by atoms with Crippen molar-refractivity contribution in [3.05, 3.63) is 23.5 Å². The van der Waals surface area contributed by atoms with E-state index in [1.807, 2.05) is 6.92 Å². The number of halogens is 1. The number of rotatable bonds is 5. The van der Waals surface area contributed by atoms with Gasteiger partial charge in [0.05, 0.1) is 0 Å². The molecule has 0 fully saturated rings. The molecule has 1 heterocycles. The summed E-state index contributed by atoms with van der Waals surface area (Å²) in [6.07, 6.45) is 1.94. The first-order valence-electron chi connectivity index (χ1n) is 6.70. The topological polar surface area (TPSA) is 35.5 Å². The number of benzene rings is 1. The van der Waals surface area contributed by atoms with E-state index in [-0.39, 0.29) is 17.5 Å². The van der Waals surface area contributed by atoms with Gasteiger partial charge < -0.3 is 14.3 Å². The van der Waals surface area contributed by atoms with Crippen molar-refractivity contribution < 1.29 is 18.7 Å². The van der Waals surface area contributed by atoms with Crippen LogP contribution in [0.5, 0.6) is 11.5 Å². The fourth-order valence-electron chi connectivity index (χ4n) is 2.35. The van der Waals surface area contributed by atoms with Crippen LogP contribution in [0.1, 0.15) is 44.6 Å². The Labute approximate surface area is 112 Å². The lowest BCUT2D eigenvalue weighted by Gasteiger charge is -2.22. The van der Waals surface area contributed by atoms with Crippen LogP contribution in [-0.2, 0) is 4.79 Å². The molecule has 1 atom stereocenters. The van der Waals surface area contributed by atoms with Crippen molar-refractivity contribution in [2.24, 2.45) is 0 Å². The van der Waals surface area contributed by atoms with Crippen molar-refractivity contribution in [2.45, 2.75) is 39.0 Å². The summed E-state index contributed by atoms with van der Waals surface area (Å²) in [5.74, 6) is 0.966. The Kier molecular flexibility index (Phi) is 4.40. The van der Waals surface area contributed by atoms with Gasteiger partial charge in [-0.3, -0.25) is 0 Å². The van der Waals surface area contributed by atoms with E-state index in [1.54, 1.807) is 13.0 Å². The molecular weight excluding hydrogens is 247 g/mol. The Morgan fingerprint density at radius 2 is 1.95 bits per heavy atom. The largest absolute Gasteiger partial charge is 0.486 e. The zero-order chi connectivity index (χ0) is 13.8. The molecule has 2 rings (SSSR count). The van der Waals surface area contributed by atoms with Gasteiger partial charge in [-0.1, -0.05) is 6.92 Å². The Morgan fingerprint density at radius 3 is 2.53 bits per heavy atom. The van der Waals surface area contributed by atoms with Gasteiger partial charge in [-0.2, -0.15) is 0 Å². The van der Waals surface area contributed by atoms with Crippen molar-refractivity contribution in [1.29, 1.82) is 0 Å². The fourth-order valence-corrected chi connectivity index (χ4v) is 2.35. The Morgan fingerprint density at radius 1 is 1.32 bits per heavy atom. The first-order valence-corrected chi connectivity index (χ1v) is 6.70. The quantitative estimate of drug-likeness (QED) is 0.818. The summed E-state index contributed by atoms with van der Waals surface area (Å²) in [6.45, 7) is 4.50. The highest BCUT2D eigenvalue weighted by atomic mass is 19.1. The molecular formula is C15H19FO3. The van der Waals surface area contributed by atoms with Gasteiger partial charge in [-0.05, 0) is 37.3 Å². The maximum absolute atomic E-state index is 14.1. The minimum Gasteiger partial charge on any atom is -0.486 e. The van der Waals surface area contributed by atoms with Crippen LogP contribution < -0.4 is 9.47 Å². The molecule has 1 aliphatic heterocycles. The van der Waals surface area contributed by atoms with Gasteiger partial charge in [0.1, 0.15) is 24.8 Å². The van der Waals surface area contributed by atoms with Gasteiger partial charge >= 0.3 is 0 Å². The molecule has 1 aromatic rings. The molecule has 4 heteroatoms. The fraction of sp³-hybridized carbons (Fsp3) is 0.533. The van der Waals surface area contributed by atoms with Crippen LogP contribution in [0.15, 0.2) is 12.1 Å². The molecule has 0 aliphatic carbocycles. The zero-order valence-corrected chi connectivity index (χ0v) is 11.4. The number of Topliss-reactive ketones (excluding diaryl/α,β-unsaturated/α-hetero) is 1. The van der Waals surface area contributed by atoms with Crippen LogP contribution in [-0.4, -0.2) is 19.0 Å². The summed E-state index contributed by atoms with van der Waals surface area (Å²) in [5, 5.41) is 0. The molecule has 0 amide bonds. The Bertz CT molecular complexity index is 471. The molecule has 0 aromatic heterocycles. The molecule has 0 saturated carbocycles. The highest BCUT2D eigenvalue weighted by molar-refractivity contribution is 5.75. The maximum Gasteiger partial charge on any atom is 0.164 e. The van der Waals surface area contributed by atoms with Crippen LogP contribution in [0.2, 0.25) is 0 Å². The summed E-state index contributed by atoms with van der Waals surface area (Å²) in [6, 6.07) is 3.11. The van der Waals surface area contributed by atoms with Crippen LogP contribution >= 0.6 is 0 Å². The second-order valence-corrected chi connectivity index (χ2v) is 4.86. The molecule has 0 radical (unpaired) electrons. The second kappa shape index (κ2) is 6.04. The van der Waals surface area contributed by atoms with E-state index in [9.17, 15) is 9.18 Å². The first kappa shape index (κ1) is 13.8. The molecule has 19 heavy (non-hydrogen) atoms. The molecule has 1 aromatic carbocycles. The molecule has 104 valence electrons. The summed E-state index contributed by atoms with van der Waals surface area (Å²) in [7, 11) is 0. The van der Waals surface area contributed by atoms with E-state index >= 15 is 0 Å². The number of carbonyl (C=O) groups is 1. The van der Waals surface area contributed by atoms with Crippen molar-refractivity contribution in [1.82, 2.24) is 0 Å². The van der Waals surface area contributed by atoms with Crippen LogP contribution in [0, 0.1) is 5.82 Å². The summed E-state index contributed by atoms with van der Waals surface area (Å²) < 4.78 is 25.0. The zero-order valence-electron chi connectivity index (χ0n) is 11.4. The average molecular weight is 266 g/mol. The Balaban J connectivity index is 2.24. The smallest absolute Gasteiger partial charge is 0.164 e. The van der Waals surface area contributed by atoms with Crippen LogP contribution in [0.3, 0.4) is 0 Å². The van der Waals surface area contributed by atoms with E-state index in [4.69, 9.17) is 9.47 Å². The van der Waals surface area contributed by atoms with Crippen LogP contribution in [0.25, 0.3) is 0 Å². The van der Waals surface area contributed by atoms with Crippen molar-refractivity contribution in [2.75, 3.05) is 13.2 Å². The highest BCUT2D eigenvalue weighted by Gasteiger charge is 2.20. The third-order valence-corrected chi connectivity index (χ3v) is 3.44. The number of hydrogen-bond acceptors (Lipinski definition) is 3. The third kappa shape index (κ3) is 3.25. The molecule has 0 N–H and O–H groups in total. The number of ether oxygens (including phenoxy) is 2. The van der Waals surface area contributed by atoms with Gasteiger partial charge in [-0.25, -0.2) is 4.39 Å². The van der Waals surface area contributed by atoms with Crippen LogP contribution in [0.4, 0.5) is 4.39 Å². The second-order valence-electron chi connectivity index (χ2n) is 4.86. The number of carbonyl (C=O) groups excluding carboxylic acids is 1. The van der Waals surface area contributed by atoms with Gasteiger partial charge in [-0.15, -0.1) is 0 Å². The third-order valence-electron chi connectivity index (χ3n) is 3.44. The van der Waals surface area contributed by atoms with Gasteiger partial charge in [0.25, 0.3) is 0 Å². The highest BCUT2D eigenvalue weighted by Crippen LogP contribution is 2.37. The lowest BCUT2D eigenvalue weighted by Crippen LogP contribution is -2.16. The molecule has 0 saturated heterocycles. The minimum atomic E-state index is -0.278. The SMILES string of the molecule is CCC(CCC(C)=O)c1cc2c(cc1F)OCCO2. The molecule has 0 bridgehead atoms. The molecule has 1 aliphatic rings. The van der Waals surface area contributed by atoms with Gasteiger partial charge in [0, 0.05) is 12.5 Å². The lowest BCUT2D eigenvalue weighted by atomic mass is 9.90. The standard InChI is InChI=1S/C15H19FO3/c1-3-11(5-4-10(2)17)12-8-14-15(9-13(12)16)19-7-6-18-14/h8-9,11H,3-7H2,1-2H3. The van der Waals surface area contributed by atoms with Crippen molar-refractivity contribution in [3.8, 4) is 11.5 Å². The van der Waals surface area contributed by atoms with Crippen molar-refractivity contribution >= 4 is 5.78 Å². The number of ketones is 1. The summed E-state index contributed by atoms with van der Waals surface area (Å²) >= 11 is 0. The molecule has 3 nitrogen and oxygen atoms in total. The minimum absolute atomic E-state index is 0.0414. The van der Waals surface area contributed by atoms with E-state index < -0.39 is 0 Å². The number of fused-ring (bicyclic) bond motifs is 1. The molecule has 0 spiro atoms. The first-order chi connectivity index (χ1) is 9.11. The van der Waals surface area contributed by atoms with Gasteiger partial charge in [0.15, 0.2) is 11.5 Å².